The highest BCUT2D eigenvalue weighted by Crippen LogP contribution is 2.40. The first-order valence-electron chi connectivity index (χ1n) is 8.13. The number of thiophene rings is 1. The maximum absolute atomic E-state index is 12.4. The van der Waals surface area contributed by atoms with Gasteiger partial charge in [-0.1, -0.05) is 6.92 Å². The number of amides is 1. The Hall–Kier alpha value is -1.89. The molecule has 0 saturated heterocycles. The van der Waals surface area contributed by atoms with Crippen molar-refractivity contribution in [1.29, 1.82) is 0 Å². The highest BCUT2D eigenvalue weighted by Gasteiger charge is 2.30. The van der Waals surface area contributed by atoms with Crippen molar-refractivity contribution in [1.82, 2.24) is 0 Å². The maximum Gasteiger partial charge on any atom is 0.341 e. The molecule has 0 aliphatic heterocycles. The van der Waals surface area contributed by atoms with Crippen molar-refractivity contribution in [3.8, 4) is 0 Å². The van der Waals surface area contributed by atoms with Gasteiger partial charge in [0.05, 0.1) is 12.2 Å². The van der Waals surface area contributed by atoms with Gasteiger partial charge in [-0.05, 0) is 44.6 Å². The van der Waals surface area contributed by atoms with Crippen LogP contribution in [0.2, 0.25) is 0 Å². The minimum absolute atomic E-state index is 0.275. The van der Waals surface area contributed by atoms with Gasteiger partial charge in [0.2, 0.25) is 0 Å². The summed E-state index contributed by atoms with van der Waals surface area (Å²) in [6.07, 6.45) is 1.78. The fourth-order valence-electron chi connectivity index (χ4n) is 2.77. The van der Waals surface area contributed by atoms with Gasteiger partial charge in [0.15, 0.2) is 6.10 Å². The molecule has 7 heteroatoms. The summed E-state index contributed by atoms with van der Waals surface area (Å²) in [4.78, 5) is 36.7. The Balaban J connectivity index is 2.29. The molecular formula is C17H23NO5S. The molecule has 0 aromatic carbocycles. The fraction of sp³-hybridized carbons (Fsp3) is 0.588. The number of fused-ring (bicyclic) bond motifs is 1. The Morgan fingerprint density at radius 2 is 2.08 bits per heavy atom. The Morgan fingerprint density at radius 1 is 1.38 bits per heavy atom. The Morgan fingerprint density at radius 3 is 2.71 bits per heavy atom. The molecule has 2 rings (SSSR count). The molecule has 1 aromatic rings. The second-order valence-electron chi connectivity index (χ2n) is 6.02. The van der Waals surface area contributed by atoms with Crippen LogP contribution in [-0.4, -0.2) is 30.6 Å². The van der Waals surface area contributed by atoms with Crippen molar-refractivity contribution in [3.05, 3.63) is 16.0 Å². The molecular weight excluding hydrogens is 330 g/mol. The summed E-state index contributed by atoms with van der Waals surface area (Å²) in [5.41, 5.74) is 1.43. The summed E-state index contributed by atoms with van der Waals surface area (Å²) in [6, 6.07) is 0. The molecule has 2 atom stereocenters. The molecule has 1 amide bonds. The highest BCUT2D eigenvalue weighted by atomic mass is 32.1. The van der Waals surface area contributed by atoms with Crippen LogP contribution in [-0.2, 0) is 31.9 Å². The normalized spacial score (nSPS) is 17.6. The second-order valence-corrected chi connectivity index (χ2v) is 7.12. The molecule has 24 heavy (non-hydrogen) atoms. The standard InChI is InChI=1S/C17H23NO5S/c1-5-22-17(21)14-12-7-6-9(2)8-13(12)24-16(14)18-15(20)10(3)23-11(4)19/h9-10H,5-8H2,1-4H3,(H,18,20). The van der Waals surface area contributed by atoms with E-state index < -0.39 is 23.9 Å². The molecule has 6 nitrogen and oxygen atoms in total. The monoisotopic (exact) mass is 353 g/mol. The van der Waals surface area contributed by atoms with E-state index in [1.54, 1.807) is 6.92 Å². The first-order chi connectivity index (χ1) is 11.3. The molecule has 0 spiro atoms. The third-order valence-electron chi connectivity index (χ3n) is 3.94. The summed E-state index contributed by atoms with van der Waals surface area (Å²) < 4.78 is 10.0. The summed E-state index contributed by atoms with van der Waals surface area (Å²) >= 11 is 1.41. The summed E-state index contributed by atoms with van der Waals surface area (Å²) in [7, 11) is 0. The highest BCUT2D eigenvalue weighted by molar-refractivity contribution is 7.17. The lowest BCUT2D eigenvalue weighted by molar-refractivity contribution is -0.150. The van der Waals surface area contributed by atoms with E-state index in [4.69, 9.17) is 9.47 Å². The third-order valence-corrected chi connectivity index (χ3v) is 5.11. The third kappa shape index (κ3) is 4.14. The minimum atomic E-state index is -0.921. The van der Waals surface area contributed by atoms with Crippen LogP contribution in [0.25, 0.3) is 0 Å². The summed E-state index contributed by atoms with van der Waals surface area (Å²) in [5, 5.41) is 3.21. The van der Waals surface area contributed by atoms with Crippen molar-refractivity contribution >= 4 is 34.2 Å². The van der Waals surface area contributed by atoms with E-state index in [0.29, 0.717) is 16.5 Å². The second kappa shape index (κ2) is 7.79. The van der Waals surface area contributed by atoms with Crippen LogP contribution >= 0.6 is 11.3 Å². The average molecular weight is 353 g/mol. The Kier molecular flexibility index (Phi) is 5.99. The van der Waals surface area contributed by atoms with Crippen LogP contribution in [0.15, 0.2) is 0 Å². The lowest BCUT2D eigenvalue weighted by Gasteiger charge is -2.18. The van der Waals surface area contributed by atoms with Crippen molar-refractivity contribution in [2.24, 2.45) is 5.92 Å². The number of rotatable bonds is 5. The predicted molar refractivity (Wildman–Crippen MR) is 91.3 cm³/mol. The molecule has 1 aliphatic rings. The van der Waals surface area contributed by atoms with Crippen molar-refractivity contribution < 1.29 is 23.9 Å². The van der Waals surface area contributed by atoms with Gasteiger partial charge in [-0.25, -0.2) is 4.79 Å². The van der Waals surface area contributed by atoms with Gasteiger partial charge >= 0.3 is 11.9 Å². The lowest BCUT2D eigenvalue weighted by Crippen LogP contribution is -2.29. The molecule has 0 radical (unpaired) electrons. The summed E-state index contributed by atoms with van der Waals surface area (Å²) in [5.74, 6) is -0.848. The van der Waals surface area contributed by atoms with Gasteiger partial charge < -0.3 is 14.8 Å². The van der Waals surface area contributed by atoms with Crippen molar-refractivity contribution in [2.45, 2.75) is 53.1 Å². The molecule has 1 aliphatic carbocycles. The van der Waals surface area contributed by atoms with Gasteiger partial charge in [-0.3, -0.25) is 9.59 Å². The number of hydrogen-bond donors (Lipinski definition) is 1. The largest absolute Gasteiger partial charge is 0.462 e. The quantitative estimate of drug-likeness (QED) is 0.823. The maximum atomic E-state index is 12.4. The van der Waals surface area contributed by atoms with E-state index >= 15 is 0 Å². The molecule has 132 valence electrons. The predicted octanol–water partition coefficient (Wildman–Crippen LogP) is 2.94. The fourth-order valence-corrected chi connectivity index (χ4v) is 4.18. The molecule has 0 bridgehead atoms. The topological polar surface area (TPSA) is 81.7 Å². The number of carbonyl (C=O) groups excluding carboxylic acids is 3. The van der Waals surface area contributed by atoms with Crippen LogP contribution in [0, 0.1) is 5.92 Å². The SMILES string of the molecule is CCOC(=O)c1c(NC(=O)C(C)OC(C)=O)sc2c1CCC(C)C2. The first kappa shape index (κ1) is 18.4. The van der Waals surface area contributed by atoms with Gasteiger partial charge in [0.25, 0.3) is 5.91 Å². The van der Waals surface area contributed by atoms with Crippen LogP contribution in [0.4, 0.5) is 5.00 Å². The number of nitrogens with one attached hydrogen (secondary N) is 1. The van der Waals surface area contributed by atoms with Crippen LogP contribution in [0.1, 0.15) is 54.9 Å². The van der Waals surface area contributed by atoms with E-state index in [1.165, 1.54) is 25.2 Å². The average Bonchev–Trinajstić information content (AvgIpc) is 2.83. The van der Waals surface area contributed by atoms with Gasteiger partial charge in [-0.2, -0.15) is 0 Å². The van der Waals surface area contributed by atoms with Crippen LogP contribution in [0.5, 0.6) is 0 Å². The Bertz CT molecular complexity index is 652. The van der Waals surface area contributed by atoms with Crippen LogP contribution < -0.4 is 5.32 Å². The first-order valence-corrected chi connectivity index (χ1v) is 8.94. The zero-order chi connectivity index (χ0) is 17.9. The molecule has 0 fully saturated rings. The number of ether oxygens (including phenoxy) is 2. The number of carbonyl (C=O) groups is 3. The number of esters is 2. The van der Waals surface area contributed by atoms with Crippen LogP contribution in [0.3, 0.4) is 0 Å². The lowest BCUT2D eigenvalue weighted by atomic mass is 9.88. The molecule has 0 saturated carbocycles. The van der Waals surface area contributed by atoms with E-state index in [9.17, 15) is 14.4 Å². The van der Waals surface area contributed by atoms with E-state index in [2.05, 4.69) is 12.2 Å². The minimum Gasteiger partial charge on any atom is -0.462 e. The zero-order valence-corrected chi connectivity index (χ0v) is 15.2. The van der Waals surface area contributed by atoms with Crippen molar-refractivity contribution in [2.75, 3.05) is 11.9 Å². The number of hydrogen-bond acceptors (Lipinski definition) is 6. The van der Waals surface area contributed by atoms with Gasteiger partial charge in [-0.15, -0.1) is 11.3 Å². The van der Waals surface area contributed by atoms with E-state index in [-0.39, 0.29) is 6.61 Å². The molecule has 2 unspecified atom stereocenters. The zero-order valence-electron chi connectivity index (χ0n) is 14.4. The molecule has 1 heterocycles. The van der Waals surface area contributed by atoms with E-state index in [1.807, 2.05) is 0 Å². The van der Waals surface area contributed by atoms with Gasteiger partial charge in [0, 0.05) is 11.8 Å². The molecule has 1 N–H and O–H groups in total. The van der Waals surface area contributed by atoms with E-state index in [0.717, 1.165) is 29.7 Å². The molecule has 1 aromatic heterocycles. The van der Waals surface area contributed by atoms with Gasteiger partial charge in [0.1, 0.15) is 5.00 Å². The number of anilines is 1. The van der Waals surface area contributed by atoms with Crippen molar-refractivity contribution in [3.63, 3.8) is 0 Å². The Labute approximate surface area is 145 Å². The smallest absolute Gasteiger partial charge is 0.341 e. The summed E-state index contributed by atoms with van der Waals surface area (Å²) in [6.45, 7) is 6.94.